The molecule has 0 spiro atoms. The summed E-state index contributed by atoms with van der Waals surface area (Å²) in [6.45, 7) is 0.710. The van der Waals surface area contributed by atoms with Gasteiger partial charge in [-0.1, -0.05) is 18.2 Å². The van der Waals surface area contributed by atoms with E-state index in [9.17, 15) is 4.79 Å². The van der Waals surface area contributed by atoms with E-state index < -0.39 is 0 Å². The number of carbonyl (C=O) groups excluding carboxylic acids is 1. The number of hydrogen-bond acceptors (Lipinski definition) is 4. The first-order valence-electron chi connectivity index (χ1n) is 9.20. The fourth-order valence-electron chi connectivity index (χ4n) is 4.52. The van der Waals surface area contributed by atoms with E-state index in [4.69, 9.17) is 14.2 Å². The molecule has 0 N–H and O–H groups in total. The molecule has 0 radical (unpaired) electrons. The zero-order valence-electron chi connectivity index (χ0n) is 15.3. The summed E-state index contributed by atoms with van der Waals surface area (Å²) in [6.07, 6.45) is 9.04. The Hall–Kier alpha value is -2.11. The van der Waals surface area contributed by atoms with Crippen LogP contribution in [0.3, 0.4) is 0 Å². The third-order valence-electron chi connectivity index (χ3n) is 6.06. The van der Waals surface area contributed by atoms with Crippen molar-refractivity contribution in [1.82, 2.24) is 4.90 Å². The van der Waals surface area contributed by atoms with Crippen LogP contribution in [0.5, 0.6) is 5.75 Å². The average molecular weight is 355 g/mol. The number of fused-ring (bicyclic) bond motifs is 2. The van der Waals surface area contributed by atoms with E-state index in [0.29, 0.717) is 12.1 Å². The van der Waals surface area contributed by atoms with Crippen molar-refractivity contribution in [3.8, 4) is 5.75 Å². The number of nitrogens with zero attached hydrogens (tertiary/aromatic N) is 1. The maximum Gasteiger partial charge on any atom is 0.254 e. The average Bonchev–Trinajstić information content (AvgIpc) is 2.92. The molecule has 2 fully saturated rings. The largest absolute Gasteiger partial charge is 0.464 e. The van der Waals surface area contributed by atoms with Gasteiger partial charge in [-0.2, -0.15) is 0 Å². The van der Waals surface area contributed by atoms with E-state index in [-0.39, 0.29) is 23.7 Å². The lowest BCUT2D eigenvalue weighted by Gasteiger charge is -2.43. The summed E-state index contributed by atoms with van der Waals surface area (Å²) in [5.74, 6) is 0.790. The summed E-state index contributed by atoms with van der Waals surface area (Å²) in [4.78, 5) is 15.3. The number of para-hydroxylation sites is 1. The minimum absolute atomic E-state index is 0.0298. The number of benzene rings is 1. The predicted molar refractivity (Wildman–Crippen MR) is 98.7 cm³/mol. The van der Waals surface area contributed by atoms with Crippen LogP contribution >= 0.6 is 0 Å². The first-order valence-corrected chi connectivity index (χ1v) is 9.20. The molecule has 138 valence electrons. The van der Waals surface area contributed by atoms with Gasteiger partial charge in [0, 0.05) is 31.9 Å². The number of rotatable bonds is 3. The van der Waals surface area contributed by atoms with Crippen LogP contribution in [-0.2, 0) is 14.3 Å². The molecule has 0 aromatic heterocycles. The summed E-state index contributed by atoms with van der Waals surface area (Å²) >= 11 is 0. The van der Waals surface area contributed by atoms with Crippen LogP contribution in [0.25, 0.3) is 6.08 Å². The highest BCUT2D eigenvalue weighted by Crippen LogP contribution is 2.43. The summed E-state index contributed by atoms with van der Waals surface area (Å²) in [5.41, 5.74) is 1.31. The van der Waals surface area contributed by atoms with E-state index in [1.54, 1.807) is 26.6 Å². The number of likely N-dealkylation sites (tertiary alicyclic amines) is 1. The van der Waals surface area contributed by atoms with Gasteiger partial charge in [-0.15, -0.1) is 0 Å². The number of methoxy groups -OCH3 is 2. The van der Waals surface area contributed by atoms with Crippen molar-refractivity contribution in [2.45, 2.75) is 43.4 Å². The third kappa shape index (κ3) is 2.85. The Morgan fingerprint density at radius 3 is 2.92 bits per heavy atom. The van der Waals surface area contributed by atoms with Crippen molar-refractivity contribution in [2.75, 3.05) is 20.8 Å². The van der Waals surface area contributed by atoms with Gasteiger partial charge in [0.2, 0.25) is 0 Å². The van der Waals surface area contributed by atoms with Crippen LogP contribution < -0.4 is 4.74 Å². The third-order valence-corrected chi connectivity index (χ3v) is 6.06. The second-order valence-electron chi connectivity index (χ2n) is 7.22. The van der Waals surface area contributed by atoms with Gasteiger partial charge in [0.15, 0.2) is 0 Å². The first-order chi connectivity index (χ1) is 12.7. The summed E-state index contributed by atoms with van der Waals surface area (Å²) in [6, 6.07) is 7.78. The Balaban J connectivity index is 1.63. The summed E-state index contributed by atoms with van der Waals surface area (Å²) in [7, 11) is 3.51. The molecule has 0 unspecified atom stereocenters. The molecule has 4 rings (SSSR count). The molecule has 2 heterocycles. The molecule has 1 aliphatic carbocycles. The van der Waals surface area contributed by atoms with Gasteiger partial charge < -0.3 is 19.1 Å². The van der Waals surface area contributed by atoms with Crippen LogP contribution in [0.15, 0.2) is 42.2 Å². The number of hydrogen-bond donors (Lipinski definition) is 0. The topological polar surface area (TPSA) is 48.0 Å². The molecule has 1 amide bonds. The first kappa shape index (κ1) is 17.3. The lowest BCUT2D eigenvalue weighted by molar-refractivity contribution is -0.136. The molecule has 1 aromatic carbocycles. The van der Waals surface area contributed by atoms with Crippen molar-refractivity contribution in [3.05, 3.63) is 47.7 Å². The van der Waals surface area contributed by atoms with E-state index >= 15 is 0 Å². The molecule has 1 saturated carbocycles. The van der Waals surface area contributed by atoms with Crippen molar-refractivity contribution in [2.24, 2.45) is 0 Å². The number of ether oxygens (including phenoxy) is 3. The second kappa shape index (κ2) is 6.89. The van der Waals surface area contributed by atoms with Crippen LogP contribution in [0, 0.1) is 0 Å². The minimum Gasteiger partial charge on any atom is -0.464 e. The van der Waals surface area contributed by atoms with E-state index in [0.717, 1.165) is 37.0 Å². The van der Waals surface area contributed by atoms with Gasteiger partial charge in [-0.05, 0) is 43.9 Å². The Labute approximate surface area is 154 Å². The highest BCUT2D eigenvalue weighted by atomic mass is 16.5. The molecule has 2 aliphatic heterocycles. The Morgan fingerprint density at radius 1 is 1.27 bits per heavy atom. The van der Waals surface area contributed by atoms with Crippen LogP contribution in [-0.4, -0.2) is 49.3 Å². The second-order valence-corrected chi connectivity index (χ2v) is 7.22. The quantitative estimate of drug-likeness (QED) is 0.836. The Kier molecular flexibility index (Phi) is 4.59. The maximum atomic E-state index is 13.3. The van der Waals surface area contributed by atoms with Crippen molar-refractivity contribution >= 4 is 12.0 Å². The van der Waals surface area contributed by atoms with Crippen molar-refractivity contribution < 1.29 is 19.0 Å². The van der Waals surface area contributed by atoms with Gasteiger partial charge in [0.25, 0.3) is 5.91 Å². The van der Waals surface area contributed by atoms with Crippen LogP contribution in [0.4, 0.5) is 0 Å². The molecule has 1 saturated heterocycles. The minimum atomic E-state index is -0.242. The smallest absolute Gasteiger partial charge is 0.254 e. The highest BCUT2D eigenvalue weighted by molar-refractivity contribution is 6.01. The highest BCUT2D eigenvalue weighted by Gasteiger charge is 2.52. The standard InChI is InChI=1S/C21H25NO4/c1-24-17-7-9-21(25-2)10-11-22(19(21)14-17)20(23)16-8-12-26-18-6-4-3-5-15(18)13-16/h3-6,8,12-13,17,19H,7,9-11,14H2,1-2H3/t17-,19-,21+/m0/s1. The number of amides is 1. The Morgan fingerprint density at radius 2 is 2.12 bits per heavy atom. The van der Waals surface area contributed by atoms with Gasteiger partial charge in [-0.3, -0.25) is 4.79 Å². The van der Waals surface area contributed by atoms with Gasteiger partial charge in [0.1, 0.15) is 5.75 Å². The maximum absolute atomic E-state index is 13.3. The van der Waals surface area contributed by atoms with Crippen LogP contribution in [0.1, 0.15) is 31.2 Å². The zero-order chi connectivity index (χ0) is 18.1. The molecule has 1 aromatic rings. The van der Waals surface area contributed by atoms with Gasteiger partial charge in [-0.25, -0.2) is 0 Å². The fraction of sp³-hybridized carbons (Fsp3) is 0.476. The molecule has 0 bridgehead atoms. The molecule has 3 atom stereocenters. The normalized spacial score (nSPS) is 30.1. The molecular weight excluding hydrogens is 330 g/mol. The van der Waals surface area contributed by atoms with E-state index in [1.807, 2.05) is 35.2 Å². The van der Waals surface area contributed by atoms with Crippen molar-refractivity contribution in [3.63, 3.8) is 0 Å². The van der Waals surface area contributed by atoms with E-state index in [2.05, 4.69) is 0 Å². The molecule has 5 nitrogen and oxygen atoms in total. The predicted octanol–water partition coefficient (Wildman–Crippen LogP) is 3.16. The SMILES string of the molecule is CO[C@H]1CC[C@@]2(OC)CCN(C(=O)C3=Cc4ccccc4OC=C3)[C@H]2C1. The van der Waals surface area contributed by atoms with Gasteiger partial charge >= 0.3 is 0 Å². The fourth-order valence-corrected chi connectivity index (χ4v) is 4.52. The lowest BCUT2D eigenvalue weighted by atomic mass is 9.79. The van der Waals surface area contributed by atoms with Gasteiger partial charge in [0.05, 0.1) is 24.0 Å². The Bertz CT molecular complexity index is 756. The monoisotopic (exact) mass is 355 g/mol. The molecular formula is C21H25NO4. The lowest BCUT2D eigenvalue weighted by Crippen LogP contribution is -2.53. The van der Waals surface area contributed by atoms with E-state index in [1.165, 1.54) is 0 Å². The molecule has 26 heavy (non-hydrogen) atoms. The molecule has 3 aliphatic rings. The number of carbonyl (C=O) groups is 1. The zero-order valence-corrected chi connectivity index (χ0v) is 15.3. The van der Waals surface area contributed by atoms with Crippen molar-refractivity contribution in [1.29, 1.82) is 0 Å². The summed E-state index contributed by atoms with van der Waals surface area (Å²) in [5, 5.41) is 0. The molecule has 5 heteroatoms. The van der Waals surface area contributed by atoms with Crippen LogP contribution in [0.2, 0.25) is 0 Å². The summed E-state index contributed by atoms with van der Waals surface area (Å²) < 4.78 is 17.1.